The number of allylic oxidation sites excluding steroid dienone is 1. The molecule has 3 heteroatoms. The Labute approximate surface area is 95.2 Å². The largest absolute Gasteiger partial charge is 0.514 e. The summed E-state index contributed by atoms with van der Waals surface area (Å²) in [6.07, 6.45) is 3.27. The van der Waals surface area contributed by atoms with Crippen molar-refractivity contribution in [2.75, 3.05) is 18.0 Å². The van der Waals surface area contributed by atoms with Crippen molar-refractivity contribution < 1.29 is 5.11 Å². The van der Waals surface area contributed by atoms with Crippen LogP contribution in [0.4, 0.5) is 5.69 Å². The van der Waals surface area contributed by atoms with E-state index in [0.29, 0.717) is 5.57 Å². The molecule has 82 valence electrons. The van der Waals surface area contributed by atoms with Crippen LogP contribution in [0.5, 0.6) is 0 Å². The minimum absolute atomic E-state index is 0.322. The summed E-state index contributed by atoms with van der Waals surface area (Å²) >= 11 is 0. The summed E-state index contributed by atoms with van der Waals surface area (Å²) in [6.45, 7) is 2.06. The van der Waals surface area contributed by atoms with E-state index in [4.69, 9.17) is 10.4 Å². The molecular formula is C13H14N2O. The van der Waals surface area contributed by atoms with Crippen molar-refractivity contribution >= 4 is 11.3 Å². The van der Waals surface area contributed by atoms with E-state index in [1.807, 2.05) is 30.3 Å². The zero-order valence-corrected chi connectivity index (χ0v) is 9.06. The lowest BCUT2D eigenvalue weighted by Gasteiger charge is -2.20. The maximum atomic E-state index is 9.04. The fourth-order valence-electron chi connectivity index (χ4n) is 2.09. The SMILES string of the molecule is N#C/C(=C\O)c1ccccc1N1CCCC1. The van der Waals surface area contributed by atoms with E-state index in [2.05, 4.69) is 4.90 Å². The standard InChI is InChI=1S/C13H14N2O/c14-9-11(10-16)12-5-1-2-6-13(12)15-7-3-4-8-15/h1-2,5-6,10,16H,3-4,7-8H2/b11-10+. The fourth-order valence-corrected chi connectivity index (χ4v) is 2.09. The number of nitriles is 1. The van der Waals surface area contributed by atoms with Gasteiger partial charge in [0.25, 0.3) is 0 Å². The predicted octanol–water partition coefficient (Wildman–Crippen LogP) is 2.71. The van der Waals surface area contributed by atoms with Gasteiger partial charge in [0.1, 0.15) is 6.07 Å². The zero-order valence-electron chi connectivity index (χ0n) is 9.06. The van der Waals surface area contributed by atoms with Gasteiger partial charge in [-0.25, -0.2) is 0 Å². The minimum Gasteiger partial charge on any atom is -0.514 e. The quantitative estimate of drug-likeness (QED) is 0.608. The molecule has 1 saturated heterocycles. The number of aliphatic hydroxyl groups excluding tert-OH is 1. The number of benzene rings is 1. The Hall–Kier alpha value is -1.95. The van der Waals surface area contributed by atoms with Crippen molar-refractivity contribution in [2.24, 2.45) is 0 Å². The highest BCUT2D eigenvalue weighted by Gasteiger charge is 2.16. The molecule has 0 unspecified atom stereocenters. The molecule has 0 radical (unpaired) electrons. The van der Waals surface area contributed by atoms with Crippen LogP contribution in [0, 0.1) is 11.3 Å². The van der Waals surface area contributed by atoms with Crippen molar-refractivity contribution in [2.45, 2.75) is 12.8 Å². The Balaban J connectivity index is 2.41. The fraction of sp³-hybridized carbons (Fsp3) is 0.308. The molecule has 0 spiro atoms. The van der Waals surface area contributed by atoms with Crippen molar-refractivity contribution in [3.8, 4) is 6.07 Å². The third kappa shape index (κ3) is 1.87. The maximum Gasteiger partial charge on any atom is 0.103 e. The van der Waals surface area contributed by atoms with E-state index >= 15 is 0 Å². The van der Waals surface area contributed by atoms with E-state index in [0.717, 1.165) is 30.6 Å². The second-order valence-electron chi connectivity index (χ2n) is 3.87. The van der Waals surface area contributed by atoms with Gasteiger partial charge in [0, 0.05) is 24.3 Å². The second-order valence-corrected chi connectivity index (χ2v) is 3.87. The highest BCUT2D eigenvalue weighted by atomic mass is 16.2. The Morgan fingerprint density at radius 1 is 1.31 bits per heavy atom. The highest BCUT2D eigenvalue weighted by molar-refractivity contribution is 5.83. The molecule has 0 aromatic heterocycles. The number of nitrogens with zero attached hydrogens (tertiary/aromatic N) is 2. The lowest BCUT2D eigenvalue weighted by molar-refractivity contribution is 0.476. The van der Waals surface area contributed by atoms with Gasteiger partial charge in [-0.15, -0.1) is 0 Å². The number of anilines is 1. The first-order chi connectivity index (χ1) is 7.86. The highest BCUT2D eigenvalue weighted by Crippen LogP contribution is 2.29. The first-order valence-electron chi connectivity index (χ1n) is 5.45. The Bertz CT molecular complexity index is 439. The second kappa shape index (κ2) is 4.71. The smallest absolute Gasteiger partial charge is 0.103 e. The van der Waals surface area contributed by atoms with Crippen molar-refractivity contribution in [3.05, 3.63) is 36.1 Å². The summed E-state index contributed by atoms with van der Waals surface area (Å²) in [7, 11) is 0. The third-order valence-electron chi connectivity index (χ3n) is 2.89. The van der Waals surface area contributed by atoms with E-state index in [9.17, 15) is 0 Å². The van der Waals surface area contributed by atoms with Gasteiger partial charge in [-0.05, 0) is 18.9 Å². The van der Waals surface area contributed by atoms with Gasteiger partial charge in [-0.2, -0.15) is 5.26 Å². The van der Waals surface area contributed by atoms with Gasteiger partial charge in [0.2, 0.25) is 0 Å². The summed E-state index contributed by atoms with van der Waals surface area (Å²) in [4.78, 5) is 2.26. The summed E-state index contributed by atoms with van der Waals surface area (Å²) in [6, 6.07) is 9.74. The maximum absolute atomic E-state index is 9.04. The molecule has 2 rings (SSSR count). The van der Waals surface area contributed by atoms with Crippen LogP contribution < -0.4 is 4.90 Å². The van der Waals surface area contributed by atoms with Gasteiger partial charge < -0.3 is 10.0 Å². The van der Waals surface area contributed by atoms with E-state index in [1.165, 1.54) is 12.8 Å². The van der Waals surface area contributed by atoms with Crippen molar-refractivity contribution in [1.82, 2.24) is 0 Å². The number of aliphatic hydroxyl groups is 1. The van der Waals surface area contributed by atoms with Crippen LogP contribution in [0.25, 0.3) is 5.57 Å². The van der Waals surface area contributed by atoms with Crippen LogP contribution in [-0.2, 0) is 0 Å². The molecule has 0 saturated carbocycles. The van der Waals surface area contributed by atoms with Gasteiger partial charge in [0.05, 0.1) is 11.8 Å². The summed E-state index contributed by atoms with van der Waals surface area (Å²) < 4.78 is 0. The molecule has 1 aliphatic rings. The topological polar surface area (TPSA) is 47.3 Å². The Morgan fingerprint density at radius 2 is 2.00 bits per heavy atom. The Morgan fingerprint density at radius 3 is 2.62 bits per heavy atom. The van der Waals surface area contributed by atoms with Crippen LogP contribution in [0.15, 0.2) is 30.5 Å². The summed E-state index contributed by atoms with van der Waals surface area (Å²) in [5.74, 6) is 0. The minimum atomic E-state index is 0.322. The molecule has 1 heterocycles. The van der Waals surface area contributed by atoms with Crippen LogP contribution >= 0.6 is 0 Å². The predicted molar refractivity (Wildman–Crippen MR) is 64.1 cm³/mol. The Kier molecular flexibility index (Phi) is 3.11. The molecule has 1 aromatic carbocycles. The van der Waals surface area contributed by atoms with Crippen LogP contribution in [0.3, 0.4) is 0 Å². The summed E-state index contributed by atoms with van der Waals surface area (Å²) in [5.41, 5.74) is 2.18. The van der Waals surface area contributed by atoms with Gasteiger partial charge in [0.15, 0.2) is 0 Å². The lowest BCUT2D eigenvalue weighted by atomic mass is 10.1. The molecule has 0 amide bonds. The molecule has 16 heavy (non-hydrogen) atoms. The molecule has 0 aliphatic carbocycles. The number of para-hydroxylation sites is 1. The van der Waals surface area contributed by atoms with E-state index < -0.39 is 0 Å². The van der Waals surface area contributed by atoms with Gasteiger partial charge in [-0.3, -0.25) is 0 Å². The van der Waals surface area contributed by atoms with Crippen molar-refractivity contribution in [1.29, 1.82) is 5.26 Å². The molecule has 0 bridgehead atoms. The monoisotopic (exact) mass is 214 g/mol. The summed E-state index contributed by atoms with van der Waals surface area (Å²) in [5, 5.41) is 18.0. The molecule has 1 aliphatic heterocycles. The van der Waals surface area contributed by atoms with Gasteiger partial charge in [-0.1, -0.05) is 18.2 Å². The molecule has 0 atom stereocenters. The van der Waals surface area contributed by atoms with Crippen LogP contribution in [-0.4, -0.2) is 18.2 Å². The van der Waals surface area contributed by atoms with Crippen LogP contribution in [0.1, 0.15) is 18.4 Å². The third-order valence-corrected chi connectivity index (χ3v) is 2.89. The lowest BCUT2D eigenvalue weighted by Crippen LogP contribution is -2.18. The average Bonchev–Trinajstić information content (AvgIpc) is 2.85. The molecular weight excluding hydrogens is 200 g/mol. The normalized spacial score (nSPS) is 16.2. The zero-order chi connectivity index (χ0) is 11.4. The number of hydrogen-bond donors (Lipinski definition) is 1. The van der Waals surface area contributed by atoms with E-state index in [-0.39, 0.29) is 0 Å². The van der Waals surface area contributed by atoms with Crippen LogP contribution in [0.2, 0.25) is 0 Å². The molecule has 3 nitrogen and oxygen atoms in total. The van der Waals surface area contributed by atoms with Crippen molar-refractivity contribution in [3.63, 3.8) is 0 Å². The first kappa shape index (κ1) is 10.6. The molecule has 1 fully saturated rings. The average molecular weight is 214 g/mol. The number of rotatable bonds is 2. The molecule has 1 aromatic rings. The van der Waals surface area contributed by atoms with Gasteiger partial charge >= 0.3 is 0 Å². The van der Waals surface area contributed by atoms with E-state index in [1.54, 1.807) is 0 Å². The molecule has 1 N–H and O–H groups in total. The number of hydrogen-bond acceptors (Lipinski definition) is 3. The first-order valence-corrected chi connectivity index (χ1v) is 5.45.